The molecule has 3 aliphatic rings. The Labute approximate surface area is 340 Å². The lowest BCUT2D eigenvalue weighted by Crippen LogP contribution is -2.61. The molecule has 3 heterocycles. The summed E-state index contributed by atoms with van der Waals surface area (Å²) in [5.41, 5.74) is -4.20. The number of ether oxygens (including phenoxy) is 3. The molecule has 2 bridgehead atoms. The molecule has 0 aliphatic carbocycles. The zero-order chi connectivity index (χ0) is 43.2. The second kappa shape index (κ2) is 20.3. The van der Waals surface area contributed by atoms with Crippen LogP contribution < -0.4 is 0 Å². The zero-order valence-corrected chi connectivity index (χ0v) is 36.2. The van der Waals surface area contributed by atoms with Crippen molar-refractivity contribution in [3.05, 3.63) is 36.5 Å². The fourth-order valence-electron chi connectivity index (χ4n) is 8.84. The normalized spacial score (nSPS) is 47.5. The zero-order valence-electron chi connectivity index (χ0n) is 36.2. The van der Waals surface area contributed by atoms with Crippen LogP contribution in [0.5, 0.6) is 0 Å². The van der Waals surface area contributed by atoms with Gasteiger partial charge in [-0.2, -0.15) is 0 Å². The molecule has 0 radical (unpaired) electrons. The Morgan fingerprint density at radius 2 is 1.49 bits per heavy atom. The fraction of sp³-hybridized carbons (Fsp3) is 0.800. The topological polar surface area (TPSA) is 200 Å². The molecular formula is C45H74O12. The van der Waals surface area contributed by atoms with Crippen molar-refractivity contribution in [3.63, 3.8) is 0 Å². The molecule has 57 heavy (non-hydrogen) atoms. The Balaban J connectivity index is 2.01. The fourth-order valence-corrected chi connectivity index (χ4v) is 8.84. The van der Waals surface area contributed by atoms with Crippen LogP contribution in [0, 0.1) is 47.3 Å². The number of ketones is 2. The molecule has 0 amide bonds. The Morgan fingerprint density at radius 3 is 2.11 bits per heavy atom. The second-order valence-electron chi connectivity index (χ2n) is 18.2. The Hall–Kier alpha value is -2.29. The summed E-state index contributed by atoms with van der Waals surface area (Å²) in [6.45, 7) is 18.0. The van der Waals surface area contributed by atoms with E-state index in [2.05, 4.69) is 6.92 Å². The SMILES string of the molecule is CC[C@H]1/C=C\C=C\C[C@@H](C)[C@](C)(O)[C@@](C)(O)C(=O)[C@@H](C)[C@H](O)[C@@H](C)C(=O)[C@@H](C)[C@H](O)[C@@H](C)/C=C/C(=O)OC2CC(CC1O)OC1(CC[C@H](C)[C@H](C[C@@H](C)O)O1)[C@H]2C. The minimum absolute atomic E-state index is 0.169. The van der Waals surface area contributed by atoms with Gasteiger partial charge in [-0.1, -0.05) is 85.8 Å². The number of carbonyl (C=O) groups excluding carboxylic acids is 3. The van der Waals surface area contributed by atoms with Gasteiger partial charge in [0.05, 0.1) is 36.6 Å². The summed E-state index contributed by atoms with van der Waals surface area (Å²) in [5.74, 6) is -8.18. The van der Waals surface area contributed by atoms with E-state index >= 15 is 0 Å². The predicted octanol–water partition coefficient (Wildman–Crippen LogP) is 5.00. The van der Waals surface area contributed by atoms with Crippen LogP contribution in [0.3, 0.4) is 0 Å². The van der Waals surface area contributed by atoms with Crippen molar-refractivity contribution in [3.8, 4) is 0 Å². The van der Waals surface area contributed by atoms with Gasteiger partial charge in [0.15, 0.2) is 11.6 Å². The van der Waals surface area contributed by atoms with E-state index < -0.39 is 101 Å². The first-order valence-electron chi connectivity index (χ1n) is 21.2. The monoisotopic (exact) mass is 807 g/mol. The molecule has 1 spiro atoms. The van der Waals surface area contributed by atoms with Crippen LogP contribution >= 0.6 is 0 Å². The number of aliphatic hydroxyl groups excluding tert-OH is 4. The summed E-state index contributed by atoms with van der Waals surface area (Å²) in [6.07, 6.45) is 7.59. The number of hydrogen-bond acceptors (Lipinski definition) is 12. The highest BCUT2D eigenvalue weighted by Gasteiger charge is 2.55. The van der Waals surface area contributed by atoms with Gasteiger partial charge in [0.1, 0.15) is 23.1 Å². The number of carbonyl (C=O) groups is 3. The molecule has 0 aromatic carbocycles. The molecular weight excluding hydrogens is 732 g/mol. The minimum Gasteiger partial charge on any atom is -0.459 e. The average Bonchev–Trinajstić information content (AvgIpc) is 3.15. The molecule has 3 aliphatic heterocycles. The Morgan fingerprint density at radius 1 is 0.860 bits per heavy atom. The van der Waals surface area contributed by atoms with E-state index in [1.807, 2.05) is 26.0 Å². The van der Waals surface area contributed by atoms with E-state index in [0.717, 1.165) is 6.42 Å². The van der Waals surface area contributed by atoms with Crippen LogP contribution in [0.25, 0.3) is 0 Å². The van der Waals surface area contributed by atoms with Crippen molar-refractivity contribution in [2.24, 2.45) is 47.3 Å². The maximum atomic E-state index is 13.7. The van der Waals surface area contributed by atoms with Crippen molar-refractivity contribution in [1.29, 1.82) is 0 Å². The molecule has 0 saturated carbocycles. The summed E-state index contributed by atoms with van der Waals surface area (Å²) < 4.78 is 19.6. The molecule has 0 aromatic heterocycles. The first-order valence-corrected chi connectivity index (χ1v) is 21.2. The van der Waals surface area contributed by atoms with E-state index in [1.54, 1.807) is 32.9 Å². The highest BCUT2D eigenvalue weighted by atomic mass is 16.7. The van der Waals surface area contributed by atoms with Gasteiger partial charge in [-0.3, -0.25) is 9.59 Å². The van der Waals surface area contributed by atoms with Crippen molar-refractivity contribution < 1.29 is 59.2 Å². The average molecular weight is 807 g/mol. The molecule has 2 saturated heterocycles. The van der Waals surface area contributed by atoms with E-state index in [1.165, 1.54) is 46.8 Å². The van der Waals surface area contributed by atoms with Gasteiger partial charge in [-0.25, -0.2) is 4.79 Å². The van der Waals surface area contributed by atoms with Crippen molar-refractivity contribution in [2.45, 2.75) is 181 Å². The van der Waals surface area contributed by atoms with Crippen LogP contribution in [0.2, 0.25) is 0 Å². The standard InChI is InChI=1S/C45H74O12/c1-12-33-17-15-13-14-16-27(4)43(10,53)44(11,54)42(52)31(8)41(51)30(7)40(50)29(6)39(49)26(3)18-19-38(48)55-37-24-34(23-35(33)47)56-45(32(37)9)21-20-25(2)36(57-45)22-28(5)46/h13-15,17-19,25-37,39,41,46-47,49,51,53-54H,12,16,20-24H2,1-11H3/b14-13+,17-15-,19-18+/t25-,26-,27+,28+,29-,30-,31-,32-,33-,34?,35?,36-,37?,39+,41+,43-,44-,45?/m0/s1. The molecule has 326 valence electrons. The Kier molecular flexibility index (Phi) is 17.5. The molecule has 0 aromatic rings. The number of rotatable bonds is 3. The smallest absolute Gasteiger partial charge is 0.330 e. The van der Waals surface area contributed by atoms with E-state index in [9.17, 15) is 45.0 Å². The van der Waals surface area contributed by atoms with Crippen LogP contribution in [-0.4, -0.2) is 108 Å². The van der Waals surface area contributed by atoms with Gasteiger partial charge in [0.2, 0.25) is 0 Å². The van der Waals surface area contributed by atoms with Gasteiger partial charge in [-0.05, 0) is 58.3 Å². The predicted molar refractivity (Wildman–Crippen MR) is 216 cm³/mol. The summed E-state index contributed by atoms with van der Waals surface area (Å²) in [4.78, 5) is 40.7. The molecule has 12 heteroatoms. The van der Waals surface area contributed by atoms with Crippen LogP contribution in [-0.2, 0) is 28.6 Å². The first kappa shape index (κ1) is 49.1. The van der Waals surface area contributed by atoms with Gasteiger partial charge in [0.25, 0.3) is 0 Å². The van der Waals surface area contributed by atoms with E-state index in [-0.39, 0.29) is 30.3 Å². The maximum absolute atomic E-state index is 13.7. The third-order valence-electron chi connectivity index (χ3n) is 13.8. The van der Waals surface area contributed by atoms with Gasteiger partial charge < -0.3 is 44.8 Å². The molecule has 18 atom stereocenters. The summed E-state index contributed by atoms with van der Waals surface area (Å²) in [5, 5.41) is 67.3. The lowest BCUT2D eigenvalue weighted by molar-refractivity contribution is -0.362. The largest absolute Gasteiger partial charge is 0.459 e. The second-order valence-corrected chi connectivity index (χ2v) is 18.2. The number of fused-ring (bicyclic) bond motifs is 2. The molecule has 4 unspecified atom stereocenters. The van der Waals surface area contributed by atoms with Crippen molar-refractivity contribution in [2.75, 3.05) is 0 Å². The van der Waals surface area contributed by atoms with Gasteiger partial charge in [-0.15, -0.1) is 0 Å². The van der Waals surface area contributed by atoms with E-state index in [0.29, 0.717) is 32.1 Å². The van der Waals surface area contributed by atoms with Crippen LogP contribution in [0.15, 0.2) is 36.5 Å². The van der Waals surface area contributed by atoms with E-state index in [4.69, 9.17) is 14.2 Å². The number of Topliss-reactive ketones (excluding diaryl/α,β-unsaturated/α-hetero) is 2. The van der Waals surface area contributed by atoms with Crippen molar-refractivity contribution >= 4 is 17.5 Å². The minimum atomic E-state index is -2.28. The third kappa shape index (κ3) is 11.5. The quantitative estimate of drug-likeness (QED) is 0.209. The number of hydrogen-bond donors (Lipinski definition) is 6. The highest BCUT2D eigenvalue weighted by Crippen LogP contribution is 2.47. The number of esters is 1. The van der Waals surface area contributed by atoms with Crippen LogP contribution in [0.1, 0.15) is 121 Å². The van der Waals surface area contributed by atoms with Gasteiger partial charge in [0, 0.05) is 60.8 Å². The van der Waals surface area contributed by atoms with Crippen molar-refractivity contribution in [1.82, 2.24) is 0 Å². The van der Waals surface area contributed by atoms with Gasteiger partial charge >= 0.3 is 5.97 Å². The van der Waals surface area contributed by atoms with Crippen LogP contribution in [0.4, 0.5) is 0 Å². The molecule has 2 fully saturated rings. The third-order valence-corrected chi connectivity index (χ3v) is 13.8. The molecule has 6 N–H and O–H groups in total. The first-order chi connectivity index (χ1) is 26.4. The Bertz CT molecular complexity index is 1430. The summed E-state index contributed by atoms with van der Waals surface area (Å²) in [6, 6.07) is 0. The maximum Gasteiger partial charge on any atom is 0.330 e. The lowest BCUT2D eigenvalue weighted by atomic mass is 9.69. The summed E-state index contributed by atoms with van der Waals surface area (Å²) in [7, 11) is 0. The molecule has 12 nitrogen and oxygen atoms in total. The highest BCUT2D eigenvalue weighted by molar-refractivity contribution is 5.92. The number of allylic oxidation sites excluding steroid dienone is 3. The lowest BCUT2D eigenvalue weighted by Gasteiger charge is -2.53. The summed E-state index contributed by atoms with van der Waals surface area (Å²) >= 11 is 0. The molecule has 3 rings (SSSR count). The number of aliphatic hydroxyl groups is 6.